The molecular formula is C15H30N2O. The average Bonchev–Trinajstić information content (AvgIpc) is 2.75. The number of carbonyl (C=O) groups is 1. The molecule has 1 fully saturated rings. The van der Waals surface area contributed by atoms with Crippen LogP contribution in [0.15, 0.2) is 0 Å². The van der Waals surface area contributed by atoms with Gasteiger partial charge in [-0.1, -0.05) is 26.7 Å². The van der Waals surface area contributed by atoms with E-state index in [2.05, 4.69) is 26.1 Å². The molecule has 0 radical (unpaired) electrons. The maximum atomic E-state index is 12.5. The van der Waals surface area contributed by atoms with Gasteiger partial charge in [-0.05, 0) is 51.5 Å². The first kappa shape index (κ1) is 15.5. The third-order valence-corrected chi connectivity index (χ3v) is 4.06. The average molecular weight is 254 g/mol. The summed E-state index contributed by atoms with van der Waals surface area (Å²) in [6.07, 6.45) is 7.55. The van der Waals surface area contributed by atoms with Gasteiger partial charge in [-0.2, -0.15) is 0 Å². The topological polar surface area (TPSA) is 55.1 Å². The van der Waals surface area contributed by atoms with Crippen LogP contribution in [0.4, 0.5) is 0 Å². The van der Waals surface area contributed by atoms with Gasteiger partial charge in [0.1, 0.15) is 0 Å². The van der Waals surface area contributed by atoms with Crippen molar-refractivity contribution in [3.8, 4) is 0 Å². The standard InChI is InChI=1S/C15H30N2O/c1-12(2)11-15(8-4-5-9-15)14(18)17-13(3)7-6-10-16/h12-13H,4-11,16H2,1-3H3,(H,17,18). The fraction of sp³-hybridized carbons (Fsp3) is 0.933. The minimum Gasteiger partial charge on any atom is -0.353 e. The largest absolute Gasteiger partial charge is 0.353 e. The Kier molecular flexibility index (Phi) is 6.13. The highest BCUT2D eigenvalue weighted by atomic mass is 16.2. The van der Waals surface area contributed by atoms with E-state index in [0.29, 0.717) is 18.4 Å². The molecule has 1 aliphatic rings. The van der Waals surface area contributed by atoms with E-state index in [1.54, 1.807) is 0 Å². The molecule has 1 amide bonds. The summed E-state index contributed by atoms with van der Waals surface area (Å²) >= 11 is 0. The molecule has 3 nitrogen and oxygen atoms in total. The van der Waals surface area contributed by atoms with Crippen LogP contribution in [0.25, 0.3) is 0 Å². The first-order chi connectivity index (χ1) is 8.50. The third kappa shape index (κ3) is 4.27. The molecule has 0 bridgehead atoms. The van der Waals surface area contributed by atoms with Crippen molar-refractivity contribution >= 4 is 5.91 Å². The molecule has 0 aromatic rings. The summed E-state index contributed by atoms with van der Waals surface area (Å²) in [7, 11) is 0. The summed E-state index contributed by atoms with van der Waals surface area (Å²) in [4.78, 5) is 12.5. The molecule has 1 rings (SSSR count). The van der Waals surface area contributed by atoms with Gasteiger partial charge in [-0.25, -0.2) is 0 Å². The maximum Gasteiger partial charge on any atom is 0.226 e. The van der Waals surface area contributed by atoms with Crippen LogP contribution in [0, 0.1) is 11.3 Å². The smallest absolute Gasteiger partial charge is 0.226 e. The van der Waals surface area contributed by atoms with E-state index in [-0.39, 0.29) is 11.5 Å². The summed E-state index contributed by atoms with van der Waals surface area (Å²) in [5, 5.41) is 3.21. The molecule has 0 aliphatic heterocycles. The molecule has 106 valence electrons. The second-order valence-electron chi connectivity index (χ2n) is 6.39. The highest BCUT2D eigenvalue weighted by Crippen LogP contribution is 2.43. The van der Waals surface area contributed by atoms with Crippen LogP contribution in [0.2, 0.25) is 0 Å². The molecule has 3 heteroatoms. The van der Waals surface area contributed by atoms with Crippen LogP contribution in [0.3, 0.4) is 0 Å². The van der Waals surface area contributed by atoms with Gasteiger partial charge >= 0.3 is 0 Å². The Bertz CT molecular complexity index is 257. The fourth-order valence-corrected chi connectivity index (χ4v) is 3.23. The van der Waals surface area contributed by atoms with Gasteiger partial charge in [0.2, 0.25) is 5.91 Å². The van der Waals surface area contributed by atoms with Crippen LogP contribution in [-0.2, 0) is 4.79 Å². The monoisotopic (exact) mass is 254 g/mol. The van der Waals surface area contributed by atoms with Crippen molar-refractivity contribution in [3.05, 3.63) is 0 Å². The molecule has 1 atom stereocenters. The van der Waals surface area contributed by atoms with Crippen molar-refractivity contribution in [2.75, 3.05) is 6.54 Å². The van der Waals surface area contributed by atoms with E-state index in [1.165, 1.54) is 12.8 Å². The highest BCUT2D eigenvalue weighted by Gasteiger charge is 2.41. The van der Waals surface area contributed by atoms with Crippen LogP contribution >= 0.6 is 0 Å². The predicted octanol–water partition coefficient (Wildman–Crippen LogP) is 2.84. The Labute approximate surface area is 112 Å². The predicted molar refractivity (Wildman–Crippen MR) is 76.2 cm³/mol. The summed E-state index contributed by atoms with van der Waals surface area (Å²) in [6, 6.07) is 0.255. The normalized spacial score (nSPS) is 20.1. The van der Waals surface area contributed by atoms with Gasteiger partial charge in [0.25, 0.3) is 0 Å². The molecule has 3 N–H and O–H groups in total. The third-order valence-electron chi connectivity index (χ3n) is 4.06. The highest BCUT2D eigenvalue weighted by molar-refractivity contribution is 5.83. The quantitative estimate of drug-likeness (QED) is 0.734. The molecule has 0 aromatic carbocycles. The lowest BCUT2D eigenvalue weighted by Gasteiger charge is -2.31. The summed E-state index contributed by atoms with van der Waals surface area (Å²) in [5.41, 5.74) is 5.43. The van der Waals surface area contributed by atoms with Crippen molar-refractivity contribution < 1.29 is 4.79 Å². The first-order valence-electron chi connectivity index (χ1n) is 7.51. The van der Waals surface area contributed by atoms with Gasteiger partial charge in [0.15, 0.2) is 0 Å². The molecule has 0 saturated heterocycles. The Morgan fingerprint density at radius 3 is 2.39 bits per heavy atom. The van der Waals surface area contributed by atoms with Crippen LogP contribution < -0.4 is 11.1 Å². The van der Waals surface area contributed by atoms with Crippen molar-refractivity contribution in [2.24, 2.45) is 17.1 Å². The number of hydrogen-bond donors (Lipinski definition) is 2. The second-order valence-corrected chi connectivity index (χ2v) is 6.39. The van der Waals surface area contributed by atoms with E-state index >= 15 is 0 Å². The zero-order valence-corrected chi connectivity index (χ0v) is 12.3. The maximum absolute atomic E-state index is 12.5. The van der Waals surface area contributed by atoms with Crippen LogP contribution in [-0.4, -0.2) is 18.5 Å². The first-order valence-corrected chi connectivity index (χ1v) is 7.51. The van der Waals surface area contributed by atoms with Crippen molar-refractivity contribution in [1.29, 1.82) is 0 Å². The minimum atomic E-state index is -0.0782. The minimum absolute atomic E-state index is 0.0782. The number of carbonyl (C=O) groups excluding carboxylic acids is 1. The van der Waals surface area contributed by atoms with Gasteiger partial charge in [-0.3, -0.25) is 4.79 Å². The van der Waals surface area contributed by atoms with Crippen molar-refractivity contribution in [3.63, 3.8) is 0 Å². The van der Waals surface area contributed by atoms with Gasteiger partial charge < -0.3 is 11.1 Å². The van der Waals surface area contributed by atoms with Crippen LogP contribution in [0.5, 0.6) is 0 Å². The lowest BCUT2D eigenvalue weighted by Crippen LogP contribution is -2.44. The lowest BCUT2D eigenvalue weighted by atomic mass is 9.77. The number of rotatable bonds is 7. The molecule has 18 heavy (non-hydrogen) atoms. The van der Waals surface area contributed by atoms with Gasteiger partial charge in [0, 0.05) is 11.5 Å². The molecule has 1 saturated carbocycles. The molecule has 0 aromatic heterocycles. The zero-order valence-electron chi connectivity index (χ0n) is 12.3. The Hall–Kier alpha value is -0.570. The van der Waals surface area contributed by atoms with Gasteiger partial charge in [-0.15, -0.1) is 0 Å². The van der Waals surface area contributed by atoms with Crippen molar-refractivity contribution in [2.45, 2.75) is 71.8 Å². The van der Waals surface area contributed by atoms with Crippen LogP contribution in [0.1, 0.15) is 65.7 Å². The number of hydrogen-bond acceptors (Lipinski definition) is 2. The Morgan fingerprint density at radius 2 is 1.89 bits per heavy atom. The van der Waals surface area contributed by atoms with Gasteiger partial charge in [0.05, 0.1) is 0 Å². The Balaban J connectivity index is 2.55. The molecule has 0 heterocycles. The van der Waals surface area contributed by atoms with E-state index in [4.69, 9.17) is 5.73 Å². The number of nitrogens with one attached hydrogen (secondary N) is 1. The summed E-state index contributed by atoms with van der Waals surface area (Å²) in [6.45, 7) is 7.22. The Morgan fingerprint density at radius 1 is 1.28 bits per heavy atom. The fourth-order valence-electron chi connectivity index (χ4n) is 3.23. The lowest BCUT2D eigenvalue weighted by molar-refractivity contribution is -0.132. The van der Waals surface area contributed by atoms with E-state index in [9.17, 15) is 4.79 Å². The summed E-state index contributed by atoms with van der Waals surface area (Å²) in [5.74, 6) is 0.881. The molecule has 0 spiro atoms. The molecular weight excluding hydrogens is 224 g/mol. The second kappa shape index (κ2) is 7.13. The number of amides is 1. The zero-order chi connectivity index (χ0) is 13.6. The SMILES string of the molecule is CC(C)CC1(C(=O)NC(C)CCCN)CCCC1. The molecule has 1 unspecified atom stereocenters. The van der Waals surface area contributed by atoms with E-state index in [1.807, 2.05) is 0 Å². The number of nitrogens with two attached hydrogens (primary N) is 1. The van der Waals surface area contributed by atoms with E-state index in [0.717, 1.165) is 32.1 Å². The van der Waals surface area contributed by atoms with E-state index < -0.39 is 0 Å². The molecule has 1 aliphatic carbocycles. The summed E-state index contributed by atoms with van der Waals surface area (Å²) < 4.78 is 0. The van der Waals surface area contributed by atoms with Crippen molar-refractivity contribution in [1.82, 2.24) is 5.32 Å².